The van der Waals surface area contributed by atoms with Gasteiger partial charge in [0.15, 0.2) is 4.77 Å². The highest BCUT2D eigenvalue weighted by Crippen LogP contribution is 2.32. The zero-order chi connectivity index (χ0) is 15.9. The monoisotopic (exact) mass is 319 g/mol. The average Bonchev–Trinajstić information content (AvgIpc) is 3.30. The highest BCUT2D eigenvalue weighted by molar-refractivity contribution is 7.71. The molecule has 0 aliphatic heterocycles. The quantitative estimate of drug-likeness (QED) is 0.744. The summed E-state index contributed by atoms with van der Waals surface area (Å²) in [6.45, 7) is 0.312. The molecule has 1 atom stereocenters. The first-order valence-corrected chi connectivity index (χ1v) is 7.56. The topological polar surface area (TPSA) is 89.2 Å². The molecule has 1 amide bonds. The van der Waals surface area contributed by atoms with Crippen LogP contribution in [0.2, 0.25) is 0 Å². The minimum atomic E-state index is -0.469. The Hall–Kier alpha value is -1.99. The highest BCUT2D eigenvalue weighted by Gasteiger charge is 2.31. The predicted octanol–water partition coefficient (Wildman–Crippen LogP) is 1.43. The molecule has 0 saturated heterocycles. The van der Waals surface area contributed by atoms with Crippen molar-refractivity contribution in [2.45, 2.75) is 18.9 Å². The zero-order valence-electron chi connectivity index (χ0n) is 12.1. The molecule has 3 N–H and O–H groups in total. The smallest absolute Gasteiger partial charge is 0.259 e. The third-order valence-corrected chi connectivity index (χ3v) is 4.16. The SMILES string of the molecule is CN(C[C@@H](O)C1CC1)C(=O)c1ccc2c(=O)[nH]c(=S)[nH]c2c1. The van der Waals surface area contributed by atoms with Gasteiger partial charge in [-0.15, -0.1) is 0 Å². The van der Waals surface area contributed by atoms with Crippen LogP contribution in [-0.2, 0) is 0 Å². The first kappa shape index (κ1) is 14.9. The van der Waals surface area contributed by atoms with E-state index in [-0.39, 0.29) is 16.2 Å². The second-order valence-electron chi connectivity index (χ2n) is 5.76. The molecule has 1 aliphatic carbocycles. The molecule has 1 fully saturated rings. The molecule has 1 aliphatic rings. The van der Waals surface area contributed by atoms with Crippen LogP contribution in [0.15, 0.2) is 23.0 Å². The van der Waals surface area contributed by atoms with Gasteiger partial charge in [0.05, 0.1) is 17.0 Å². The molecule has 1 heterocycles. The van der Waals surface area contributed by atoms with E-state index in [1.54, 1.807) is 25.2 Å². The van der Waals surface area contributed by atoms with Gasteiger partial charge in [-0.3, -0.25) is 14.6 Å². The number of carbonyl (C=O) groups excluding carboxylic acids is 1. The summed E-state index contributed by atoms with van der Waals surface area (Å²) in [7, 11) is 1.66. The van der Waals surface area contributed by atoms with E-state index in [2.05, 4.69) is 9.97 Å². The molecule has 1 saturated carbocycles. The number of carbonyl (C=O) groups is 1. The van der Waals surface area contributed by atoms with E-state index in [1.807, 2.05) is 0 Å². The van der Waals surface area contributed by atoms with E-state index in [0.717, 1.165) is 12.8 Å². The normalized spacial score (nSPS) is 15.7. The Morgan fingerprint density at radius 1 is 1.45 bits per heavy atom. The van der Waals surface area contributed by atoms with Gasteiger partial charge in [-0.1, -0.05) is 0 Å². The van der Waals surface area contributed by atoms with Gasteiger partial charge in [-0.05, 0) is 49.2 Å². The molecule has 0 radical (unpaired) electrons. The Bertz CT molecular complexity index is 838. The molecule has 1 aromatic heterocycles. The molecule has 0 bridgehead atoms. The Kier molecular flexibility index (Phi) is 3.84. The number of H-pyrrole nitrogens is 2. The lowest BCUT2D eigenvalue weighted by molar-refractivity contribution is 0.0645. The van der Waals surface area contributed by atoms with Crippen LogP contribution in [0.5, 0.6) is 0 Å². The minimum absolute atomic E-state index is 0.193. The van der Waals surface area contributed by atoms with Crippen molar-refractivity contribution in [3.63, 3.8) is 0 Å². The van der Waals surface area contributed by atoms with Crippen molar-refractivity contribution >= 4 is 29.0 Å². The number of fused-ring (bicyclic) bond motifs is 1. The second-order valence-corrected chi connectivity index (χ2v) is 6.17. The lowest BCUT2D eigenvalue weighted by Gasteiger charge is -2.20. The van der Waals surface area contributed by atoms with Crippen molar-refractivity contribution in [3.8, 4) is 0 Å². The lowest BCUT2D eigenvalue weighted by atomic mass is 10.1. The van der Waals surface area contributed by atoms with Crippen LogP contribution >= 0.6 is 12.2 Å². The third-order valence-electron chi connectivity index (χ3n) is 3.96. The Labute approximate surface area is 131 Å². The first-order chi connectivity index (χ1) is 10.5. The van der Waals surface area contributed by atoms with Crippen LogP contribution in [0.25, 0.3) is 10.9 Å². The van der Waals surface area contributed by atoms with Gasteiger partial charge in [0.1, 0.15) is 0 Å². The van der Waals surface area contributed by atoms with Gasteiger partial charge in [0, 0.05) is 19.2 Å². The number of hydrogen-bond acceptors (Lipinski definition) is 4. The minimum Gasteiger partial charge on any atom is -0.391 e. The van der Waals surface area contributed by atoms with Crippen molar-refractivity contribution < 1.29 is 9.90 Å². The number of amides is 1. The van der Waals surface area contributed by atoms with Crippen molar-refractivity contribution in [1.82, 2.24) is 14.9 Å². The molecule has 2 aromatic rings. The molecule has 0 unspecified atom stereocenters. The van der Waals surface area contributed by atoms with Crippen molar-refractivity contribution in [1.29, 1.82) is 0 Å². The van der Waals surface area contributed by atoms with Gasteiger partial charge in [0.25, 0.3) is 11.5 Å². The number of aromatic amines is 2. The molecule has 3 rings (SSSR count). The number of nitrogens with one attached hydrogen (secondary N) is 2. The Morgan fingerprint density at radius 2 is 2.18 bits per heavy atom. The van der Waals surface area contributed by atoms with E-state index >= 15 is 0 Å². The fourth-order valence-electron chi connectivity index (χ4n) is 2.52. The fraction of sp³-hybridized carbons (Fsp3) is 0.400. The van der Waals surface area contributed by atoms with Gasteiger partial charge in [0.2, 0.25) is 0 Å². The summed E-state index contributed by atoms with van der Waals surface area (Å²) in [6, 6.07) is 4.82. The van der Waals surface area contributed by atoms with Crippen LogP contribution in [0.3, 0.4) is 0 Å². The summed E-state index contributed by atoms with van der Waals surface area (Å²) in [5.41, 5.74) is 0.695. The number of hydrogen-bond donors (Lipinski definition) is 3. The van der Waals surface area contributed by atoms with Crippen molar-refractivity contribution in [2.75, 3.05) is 13.6 Å². The second kappa shape index (κ2) is 5.66. The summed E-state index contributed by atoms with van der Waals surface area (Å²) < 4.78 is 0.222. The highest BCUT2D eigenvalue weighted by atomic mass is 32.1. The molecule has 22 heavy (non-hydrogen) atoms. The first-order valence-electron chi connectivity index (χ1n) is 7.15. The van der Waals surface area contributed by atoms with Crippen molar-refractivity contribution in [2.24, 2.45) is 5.92 Å². The maximum absolute atomic E-state index is 12.4. The summed E-state index contributed by atoms with van der Waals surface area (Å²) in [6.07, 6.45) is 1.58. The standard InChI is InChI=1S/C15H17N3O3S/c1-18(7-12(19)8-2-3-8)14(21)9-4-5-10-11(6-9)16-15(22)17-13(10)20/h4-6,8,12,19H,2-3,7H2,1H3,(H2,16,17,20,22)/t12-/m1/s1. The molecule has 6 nitrogen and oxygen atoms in total. The van der Waals surface area contributed by atoms with Crippen molar-refractivity contribution in [3.05, 3.63) is 38.9 Å². The average molecular weight is 319 g/mol. The summed E-state index contributed by atoms with van der Waals surface area (Å²) in [4.78, 5) is 31.1. The number of rotatable bonds is 4. The fourth-order valence-corrected chi connectivity index (χ4v) is 2.72. The maximum Gasteiger partial charge on any atom is 0.259 e. The van der Waals surface area contributed by atoms with Crippen LogP contribution < -0.4 is 5.56 Å². The number of nitrogens with zero attached hydrogens (tertiary/aromatic N) is 1. The zero-order valence-corrected chi connectivity index (χ0v) is 12.9. The number of likely N-dealkylation sites (N-methyl/N-ethyl adjacent to an activating group) is 1. The Balaban J connectivity index is 1.87. The summed E-state index contributed by atoms with van der Waals surface area (Å²) in [5, 5.41) is 10.4. The van der Waals surface area contributed by atoms with E-state index in [0.29, 0.717) is 28.9 Å². The Morgan fingerprint density at radius 3 is 2.86 bits per heavy atom. The number of aliphatic hydroxyl groups excluding tert-OH is 1. The van der Waals surface area contributed by atoms with Crippen LogP contribution in [-0.4, -0.2) is 45.6 Å². The number of aromatic nitrogens is 2. The van der Waals surface area contributed by atoms with Crippen LogP contribution in [0, 0.1) is 10.7 Å². The summed E-state index contributed by atoms with van der Waals surface area (Å²) >= 11 is 4.94. The molecule has 116 valence electrons. The number of benzene rings is 1. The van der Waals surface area contributed by atoms with E-state index < -0.39 is 6.10 Å². The van der Waals surface area contributed by atoms with Gasteiger partial charge in [-0.25, -0.2) is 0 Å². The van der Waals surface area contributed by atoms with Gasteiger partial charge >= 0.3 is 0 Å². The molecule has 0 spiro atoms. The number of aliphatic hydroxyl groups is 1. The lowest BCUT2D eigenvalue weighted by Crippen LogP contribution is -2.35. The van der Waals surface area contributed by atoms with Crippen LogP contribution in [0.4, 0.5) is 0 Å². The largest absolute Gasteiger partial charge is 0.391 e. The molecule has 7 heteroatoms. The van der Waals surface area contributed by atoms with E-state index in [1.165, 1.54) is 4.90 Å². The third kappa shape index (κ3) is 2.95. The van der Waals surface area contributed by atoms with Crippen LogP contribution in [0.1, 0.15) is 23.2 Å². The summed E-state index contributed by atoms with van der Waals surface area (Å²) in [5.74, 6) is 0.128. The van der Waals surface area contributed by atoms with Gasteiger partial charge < -0.3 is 15.0 Å². The van der Waals surface area contributed by atoms with E-state index in [9.17, 15) is 14.7 Å². The van der Waals surface area contributed by atoms with Gasteiger partial charge in [-0.2, -0.15) is 0 Å². The maximum atomic E-state index is 12.4. The molecular weight excluding hydrogens is 302 g/mol. The van der Waals surface area contributed by atoms with E-state index in [4.69, 9.17) is 12.2 Å². The molecular formula is C15H17N3O3S. The molecule has 1 aromatic carbocycles. The predicted molar refractivity (Wildman–Crippen MR) is 85.4 cm³/mol.